The van der Waals surface area contributed by atoms with Crippen LogP contribution in [0.1, 0.15) is 32.0 Å². The summed E-state index contributed by atoms with van der Waals surface area (Å²) in [7, 11) is 0. The van der Waals surface area contributed by atoms with Gasteiger partial charge in [0.2, 0.25) is 11.8 Å². The predicted octanol–water partition coefficient (Wildman–Crippen LogP) is 5.51. The fraction of sp³-hybridized carbons (Fsp3) is 0.273. The minimum absolute atomic E-state index is 0.0183. The average Bonchev–Trinajstić information content (AvgIpc) is 3.11. The second kappa shape index (κ2) is 8.44. The number of carbonyl (C=O) groups excluding carboxylic acids is 1. The van der Waals surface area contributed by atoms with Crippen molar-refractivity contribution in [2.75, 3.05) is 11.1 Å². The van der Waals surface area contributed by atoms with Crippen LogP contribution in [0.3, 0.4) is 0 Å². The van der Waals surface area contributed by atoms with Gasteiger partial charge in [0.25, 0.3) is 0 Å². The first-order valence-electron chi connectivity index (χ1n) is 8.90. The Morgan fingerprint density at radius 2 is 1.78 bits per heavy atom. The number of nitrogens with zero attached hydrogens (tertiary/aromatic N) is 1. The van der Waals surface area contributed by atoms with Gasteiger partial charge in [-0.05, 0) is 35.2 Å². The van der Waals surface area contributed by atoms with E-state index in [0.717, 1.165) is 16.9 Å². The fourth-order valence-corrected chi connectivity index (χ4v) is 3.29. The van der Waals surface area contributed by atoms with Crippen LogP contribution in [0.5, 0.6) is 0 Å². The van der Waals surface area contributed by atoms with Crippen molar-refractivity contribution in [1.29, 1.82) is 0 Å². The molecule has 1 heterocycles. The maximum atomic E-state index is 12.1. The van der Waals surface area contributed by atoms with Crippen molar-refractivity contribution < 1.29 is 9.21 Å². The summed E-state index contributed by atoms with van der Waals surface area (Å²) in [5.41, 5.74) is 3.96. The first-order chi connectivity index (χ1) is 12.9. The van der Waals surface area contributed by atoms with Gasteiger partial charge in [-0.3, -0.25) is 4.79 Å². The Balaban J connectivity index is 1.47. The molecular weight excluding hydrogens is 356 g/mol. The van der Waals surface area contributed by atoms with Crippen LogP contribution >= 0.6 is 11.8 Å². The van der Waals surface area contributed by atoms with Gasteiger partial charge < -0.3 is 9.73 Å². The Kier molecular flexibility index (Phi) is 6.01. The highest BCUT2D eigenvalue weighted by atomic mass is 32.2. The summed E-state index contributed by atoms with van der Waals surface area (Å²) in [4.78, 5) is 16.6. The fourth-order valence-electron chi connectivity index (χ4n) is 2.59. The van der Waals surface area contributed by atoms with E-state index in [2.05, 4.69) is 43.2 Å². The molecule has 0 saturated carbocycles. The molecule has 3 aromatic rings. The van der Waals surface area contributed by atoms with E-state index in [1.165, 1.54) is 17.3 Å². The zero-order valence-corrected chi connectivity index (χ0v) is 16.7. The van der Waals surface area contributed by atoms with Crippen LogP contribution in [0.25, 0.3) is 11.5 Å². The molecule has 5 heteroatoms. The number of hydrogen-bond acceptors (Lipinski definition) is 4. The van der Waals surface area contributed by atoms with Gasteiger partial charge >= 0.3 is 0 Å². The lowest BCUT2D eigenvalue weighted by Gasteiger charge is -2.19. The topological polar surface area (TPSA) is 55.1 Å². The number of rotatable bonds is 6. The van der Waals surface area contributed by atoms with Crippen LogP contribution in [0.15, 0.2) is 65.3 Å². The van der Waals surface area contributed by atoms with Gasteiger partial charge in [0.15, 0.2) is 0 Å². The van der Waals surface area contributed by atoms with Crippen LogP contribution in [0, 0.1) is 0 Å². The monoisotopic (exact) mass is 380 g/mol. The van der Waals surface area contributed by atoms with E-state index in [-0.39, 0.29) is 11.3 Å². The molecule has 140 valence electrons. The van der Waals surface area contributed by atoms with E-state index < -0.39 is 0 Å². The quantitative estimate of drug-likeness (QED) is 0.612. The molecule has 0 aliphatic heterocycles. The van der Waals surface area contributed by atoms with Crippen molar-refractivity contribution in [3.05, 3.63) is 72.1 Å². The zero-order chi connectivity index (χ0) is 19.3. The second-order valence-corrected chi connectivity index (χ2v) is 8.36. The number of carbonyl (C=O) groups is 1. The zero-order valence-electron chi connectivity index (χ0n) is 15.9. The Morgan fingerprint density at radius 1 is 1.07 bits per heavy atom. The number of aromatic nitrogens is 1. The van der Waals surface area contributed by atoms with Gasteiger partial charge in [-0.2, -0.15) is 0 Å². The molecule has 0 saturated heterocycles. The minimum Gasteiger partial charge on any atom is -0.444 e. The first-order valence-corrected chi connectivity index (χ1v) is 10.1. The molecule has 0 spiro atoms. The highest BCUT2D eigenvalue weighted by Crippen LogP contribution is 2.24. The maximum absolute atomic E-state index is 12.1. The van der Waals surface area contributed by atoms with Crippen LogP contribution in [-0.2, 0) is 16.0 Å². The van der Waals surface area contributed by atoms with Gasteiger partial charge in [0.1, 0.15) is 6.26 Å². The highest BCUT2D eigenvalue weighted by Gasteiger charge is 2.13. The lowest BCUT2D eigenvalue weighted by Crippen LogP contribution is -2.15. The molecule has 2 aromatic carbocycles. The third-order valence-corrected chi connectivity index (χ3v) is 5.06. The van der Waals surface area contributed by atoms with Crippen molar-refractivity contribution in [2.24, 2.45) is 0 Å². The molecule has 0 aliphatic rings. The van der Waals surface area contributed by atoms with Crippen LogP contribution in [-0.4, -0.2) is 16.6 Å². The Hall–Kier alpha value is -2.53. The predicted molar refractivity (Wildman–Crippen MR) is 112 cm³/mol. The SMILES string of the molecule is CC(C)(C)c1ccc(NC(=O)CSCc2coc(-c3ccccc3)n2)cc1. The number of oxazole rings is 1. The molecular formula is C22H24N2O2S. The van der Waals surface area contributed by atoms with E-state index in [1.54, 1.807) is 6.26 Å². The smallest absolute Gasteiger partial charge is 0.234 e. The summed E-state index contributed by atoms with van der Waals surface area (Å²) in [5, 5.41) is 2.93. The number of hydrogen-bond donors (Lipinski definition) is 1. The van der Waals surface area contributed by atoms with Crippen molar-refractivity contribution in [3.63, 3.8) is 0 Å². The third kappa shape index (κ3) is 5.47. The minimum atomic E-state index is -0.0183. The molecule has 0 radical (unpaired) electrons. The Bertz CT molecular complexity index is 881. The summed E-state index contributed by atoms with van der Waals surface area (Å²) < 4.78 is 5.52. The van der Waals surface area contributed by atoms with Gasteiger partial charge in [-0.25, -0.2) is 4.98 Å². The summed E-state index contributed by atoms with van der Waals surface area (Å²) in [5.74, 6) is 1.59. The number of amides is 1. The molecule has 0 fully saturated rings. The van der Waals surface area contributed by atoms with Crippen molar-refractivity contribution in [1.82, 2.24) is 4.98 Å². The first kappa shape index (κ1) is 19.2. The van der Waals surface area contributed by atoms with Crippen LogP contribution < -0.4 is 5.32 Å². The van der Waals surface area contributed by atoms with Crippen molar-refractivity contribution in [3.8, 4) is 11.5 Å². The largest absolute Gasteiger partial charge is 0.444 e. The molecule has 0 aliphatic carbocycles. The molecule has 0 bridgehead atoms. The van der Waals surface area contributed by atoms with E-state index in [1.807, 2.05) is 42.5 Å². The average molecular weight is 381 g/mol. The summed E-state index contributed by atoms with van der Waals surface area (Å²) in [6.07, 6.45) is 1.65. The van der Waals surface area contributed by atoms with Gasteiger partial charge in [-0.1, -0.05) is 51.1 Å². The molecule has 27 heavy (non-hydrogen) atoms. The maximum Gasteiger partial charge on any atom is 0.234 e. The lowest BCUT2D eigenvalue weighted by atomic mass is 9.87. The van der Waals surface area contributed by atoms with Gasteiger partial charge in [-0.15, -0.1) is 11.8 Å². The molecule has 0 unspecified atom stereocenters. The molecule has 1 amide bonds. The molecule has 4 nitrogen and oxygen atoms in total. The standard InChI is InChI=1S/C22H24N2O2S/c1-22(2,3)17-9-11-18(12-10-17)23-20(25)15-27-14-19-13-26-21(24-19)16-7-5-4-6-8-16/h4-13H,14-15H2,1-3H3,(H,23,25). The normalized spacial score (nSPS) is 11.4. The van der Waals surface area contributed by atoms with E-state index in [0.29, 0.717) is 17.4 Å². The van der Waals surface area contributed by atoms with Gasteiger partial charge in [0.05, 0.1) is 11.4 Å². The number of benzene rings is 2. The Morgan fingerprint density at radius 3 is 2.44 bits per heavy atom. The van der Waals surface area contributed by atoms with Crippen molar-refractivity contribution in [2.45, 2.75) is 31.9 Å². The molecule has 3 rings (SSSR count). The van der Waals surface area contributed by atoms with E-state index >= 15 is 0 Å². The van der Waals surface area contributed by atoms with Crippen LogP contribution in [0.4, 0.5) is 5.69 Å². The molecule has 1 aromatic heterocycles. The summed E-state index contributed by atoms with van der Waals surface area (Å²) in [6.45, 7) is 6.51. The Labute approximate surface area is 164 Å². The van der Waals surface area contributed by atoms with Gasteiger partial charge in [0, 0.05) is 17.0 Å². The highest BCUT2D eigenvalue weighted by molar-refractivity contribution is 7.99. The number of nitrogens with one attached hydrogen (secondary N) is 1. The number of anilines is 1. The molecule has 1 N–H and O–H groups in total. The number of thioether (sulfide) groups is 1. The van der Waals surface area contributed by atoms with E-state index in [4.69, 9.17) is 4.42 Å². The van der Waals surface area contributed by atoms with Crippen LogP contribution in [0.2, 0.25) is 0 Å². The summed E-state index contributed by atoms with van der Waals surface area (Å²) in [6, 6.07) is 17.8. The molecule has 0 atom stereocenters. The lowest BCUT2D eigenvalue weighted by molar-refractivity contribution is -0.113. The van der Waals surface area contributed by atoms with E-state index in [9.17, 15) is 4.79 Å². The third-order valence-electron chi connectivity index (χ3n) is 4.09. The second-order valence-electron chi connectivity index (χ2n) is 7.38. The summed E-state index contributed by atoms with van der Waals surface area (Å²) >= 11 is 1.52. The van der Waals surface area contributed by atoms with Crippen molar-refractivity contribution >= 4 is 23.4 Å².